The number of nitrogens with one attached hydrogen (secondary N) is 2. The van der Waals surface area contributed by atoms with Gasteiger partial charge in [-0.1, -0.05) is 18.2 Å². The Bertz CT molecular complexity index is 850. The van der Waals surface area contributed by atoms with Crippen LogP contribution in [0.25, 0.3) is 0 Å². The van der Waals surface area contributed by atoms with Crippen molar-refractivity contribution in [2.45, 2.75) is 13.5 Å². The Balaban J connectivity index is 1.41. The maximum Gasteiger partial charge on any atom is 0.239 e. The molecule has 2 heterocycles. The van der Waals surface area contributed by atoms with E-state index in [9.17, 15) is 9.59 Å². The zero-order valence-electron chi connectivity index (χ0n) is 17.6. The van der Waals surface area contributed by atoms with Crippen LogP contribution in [0.4, 0.5) is 11.5 Å². The first-order chi connectivity index (χ1) is 14.5. The number of aryl methyl sites for hydroxylation is 1. The minimum atomic E-state index is -0.212. The quantitative estimate of drug-likeness (QED) is 0.688. The van der Waals surface area contributed by atoms with Gasteiger partial charge < -0.3 is 15.4 Å². The van der Waals surface area contributed by atoms with E-state index in [1.807, 2.05) is 43.3 Å². The molecule has 0 saturated carbocycles. The Kier molecular flexibility index (Phi) is 7.89. The largest absolute Gasteiger partial charge is 0.379 e. The topological polar surface area (TPSA) is 86.8 Å². The maximum absolute atomic E-state index is 12.3. The first-order valence-electron chi connectivity index (χ1n) is 10.1. The first-order valence-corrected chi connectivity index (χ1v) is 10.1. The van der Waals surface area contributed by atoms with Gasteiger partial charge in [-0.2, -0.15) is 0 Å². The molecular formula is C22H29N5O3. The third-order valence-corrected chi connectivity index (χ3v) is 4.73. The van der Waals surface area contributed by atoms with Crippen LogP contribution in [0.15, 0.2) is 42.5 Å². The van der Waals surface area contributed by atoms with Crippen molar-refractivity contribution in [3.8, 4) is 0 Å². The van der Waals surface area contributed by atoms with E-state index in [1.54, 1.807) is 18.0 Å². The average Bonchev–Trinajstić information content (AvgIpc) is 2.70. The van der Waals surface area contributed by atoms with Crippen LogP contribution < -0.4 is 10.6 Å². The molecule has 8 heteroatoms. The van der Waals surface area contributed by atoms with E-state index in [1.165, 1.54) is 5.56 Å². The lowest BCUT2D eigenvalue weighted by atomic mass is 10.2. The van der Waals surface area contributed by atoms with Crippen molar-refractivity contribution in [3.05, 3.63) is 53.7 Å². The van der Waals surface area contributed by atoms with Gasteiger partial charge >= 0.3 is 0 Å². The van der Waals surface area contributed by atoms with Crippen LogP contribution in [0, 0.1) is 6.92 Å². The summed E-state index contributed by atoms with van der Waals surface area (Å²) in [7, 11) is 1.73. The number of morpholine rings is 1. The molecule has 0 unspecified atom stereocenters. The normalized spacial score (nSPS) is 14.5. The van der Waals surface area contributed by atoms with Crippen molar-refractivity contribution in [2.75, 3.05) is 57.1 Å². The maximum atomic E-state index is 12.3. The van der Waals surface area contributed by atoms with Crippen LogP contribution in [0.5, 0.6) is 0 Å². The number of benzene rings is 1. The fourth-order valence-corrected chi connectivity index (χ4v) is 3.25. The highest BCUT2D eigenvalue weighted by Crippen LogP contribution is 2.12. The molecular weight excluding hydrogens is 382 g/mol. The minimum Gasteiger partial charge on any atom is -0.379 e. The van der Waals surface area contributed by atoms with Gasteiger partial charge in [-0.3, -0.25) is 19.4 Å². The molecule has 8 nitrogen and oxygen atoms in total. The van der Waals surface area contributed by atoms with Crippen molar-refractivity contribution < 1.29 is 14.3 Å². The van der Waals surface area contributed by atoms with E-state index in [4.69, 9.17) is 4.74 Å². The van der Waals surface area contributed by atoms with Gasteiger partial charge in [0.2, 0.25) is 11.8 Å². The summed E-state index contributed by atoms with van der Waals surface area (Å²) in [6, 6.07) is 13.3. The summed E-state index contributed by atoms with van der Waals surface area (Å²) in [5, 5.41) is 5.62. The zero-order valence-corrected chi connectivity index (χ0v) is 17.6. The summed E-state index contributed by atoms with van der Waals surface area (Å²) < 4.78 is 5.37. The number of aromatic nitrogens is 1. The van der Waals surface area contributed by atoms with Gasteiger partial charge in [0.1, 0.15) is 5.82 Å². The number of hydrogen-bond donors (Lipinski definition) is 2. The molecule has 2 aromatic rings. The third kappa shape index (κ3) is 7.22. The molecule has 1 fully saturated rings. The minimum absolute atomic E-state index is 0.0987. The van der Waals surface area contributed by atoms with Crippen LogP contribution in [0.1, 0.15) is 11.3 Å². The lowest BCUT2D eigenvalue weighted by Gasteiger charge is -2.26. The predicted molar refractivity (Wildman–Crippen MR) is 116 cm³/mol. The Morgan fingerprint density at radius 1 is 1.03 bits per heavy atom. The lowest BCUT2D eigenvalue weighted by Crippen LogP contribution is -2.36. The molecule has 1 aromatic heterocycles. The molecule has 3 rings (SSSR count). The molecule has 2 amide bonds. The highest BCUT2D eigenvalue weighted by Gasteiger charge is 2.13. The molecule has 0 spiro atoms. The van der Waals surface area contributed by atoms with Crippen LogP contribution in [-0.2, 0) is 20.9 Å². The second kappa shape index (κ2) is 10.8. The van der Waals surface area contributed by atoms with Gasteiger partial charge in [0.25, 0.3) is 0 Å². The summed E-state index contributed by atoms with van der Waals surface area (Å²) in [5.74, 6) is 0.130. The second-order valence-electron chi connectivity index (χ2n) is 7.52. The molecule has 2 N–H and O–H groups in total. The number of rotatable bonds is 8. The number of carbonyl (C=O) groups is 2. The summed E-state index contributed by atoms with van der Waals surface area (Å²) in [6.07, 6.45) is 0. The molecule has 0 aliphatic carbocycles. The van der Waals surface area contributed by atoms with Crippen molar-refractivity contribution in [1.82, 2.24) is 14.8 Å². The van der Waals surface area contributed by atoms with Gasteiger partial charge in [-0.05, 0) is 43.8 Å². The van der Waals surface area contributed by atoms with E-state index in [2.05, 4.69) is 20.5 Å². The molecule has 1 aromatic carbocycles. The third-order valence-electron chi connectivity index (χ3n) is 4.73. The number of pyridine rings is 1. The SMILES string of the molecule is Cc1cccc(NC(=O)CN(C)CC(=O)Nc2ccc(CN3CCOCC3)cc2)n1. The molecule has 0 bridgehead atoms. The summed E-state index contributed by atoms with van der Waals surface area (Å²) in [4.78, 5) is 32.7. The second-order valence-corrected chi connectivity index (χ2v) is 7.52. The van der Waals surface area contributed by atoms with E-state index in [-0.39, 0.29) is 24.9 Å². The van der Waals surface area contributed by atoms with Crippen molar-refractivity contribution in [3.63, 3.8) is 0 Å². The number of ether oxygens (including phenoxy) is 1. The van der Waals surface area contributed by atoms with Gasteiger partial charge in [-0.25, -0.2) is 4.98 Å². The molecule has 1 saturated heterocycles. The van der Waals surface area contributed by atoms with Gasteiger partial charge in [0.15, 0.2) is 0 Å². The predicted octanol–water partition coefficient (Wildman–Crippen LogP) is 1.73. The fraction of sp³-hybridized carbons (Fsp3) is 0.409. The van der Waals surface area contributed by atoms with Crippen molar-refractivity contribution >= 4 is 23.3 Å². The average molecular weight is 412 g/mol. The molecule has 30 heavy (non-hydrogen) atoms. The fourth-order valence-electron chi connectivity index (χ4n) is 3.25. The molecule has 0 atom stereocenters. The van der Waals surface area contributed by atoms with Crippen LogP contribution in [0.3, 0.4) is 0 Å². The molecule has 160 valence electrons. The highest BCUT2D eigenvalue weighted by molar-refractivity contribution is 5.94. The molecule has 1 aliphatic rings. The van der Waals surface area contributed by atoms with Gasteiger partial charge in [0.05, 0.1) is 26.3 Å². The Hall–Kier alpha value is -2.81. The number of amides is 2. The number of hydrogen-bond acceptors (Lipinski definition) is 6. The number of likely N-dealkylation sites (N-methyl/N-ethyl adjacent to an activating group) is 1. The van der Waals surface area contributed by atoms with E-state index < -0.39 is 0 Å². The first kappa shape index (κ1) is 21.9. The van der Waals surface area contributed by atoms with Crippen LogP contribution in [-0.4, -0.2) is 73.0 Å². The Labute approximate surface area is 177 Å². The van der Waals surface area contributed by atoms with E-state index >= 15 is 0 Å². The van der Waals surface area contributed by atoms with Crippen LogP contribution in [0.2, 0.25) is 0 Å². The smallest absolute Gasteiger partial charge is 0.239 e. The van der Waals surface area contributed by atoms with Gasteiger partial charge in [0, 0.05) is 31.0 Å². The summed E-state index contributed by atoms with van der Waals surface area (Å²) in [5.41, 5.74) is 2.78. The monoisotopic (exact) mass is 411 g/mol. The lowest BCUT2D eigenvalue weighted by molar-refractivity contribution is -0.119. The number of carbonyl (C=O) groups excluding carboxylic acids is 2. The molecule has 0 radical (unpaired) electrons. The van der Waals surface area contributed by atoms with Gasteiger partial charge in [-0.15, -0.1) is 0 Å². The Morgan fingerprint density at radius 3 is 2.37 bits per heavy atom. The standard InChI is InChI=1S/C22H29N5O3/c1-17-4-3-5-20(23-17)25-22(29)16-26(2)15-21(28)24-19-8-6-18(7-9-19)14-27-10-12-30-13-11-27/h3-9H,10-16H2,1-2H3,(H,24,28)(H,23,25,29). The zero-order chi connectivity index (χ0) is 21.3. The van der Waals surface area contributed by atoms with Crippen LogP contribution >= 0.6 is 0 Å². The van der Waals surface area contributed by atoms with Crippen molar-refractivity contribution in [2.24, 2.45) is 0 Å². The number of anilines is 2. The van der Waals surface area contributed by atoms with Crippen molar-refractivity contribution in [1.29, 1.82) is 0 Å². The van der Waals surface area contributed by atoms with E-state index in [0.717, 1.165) is 44.2 Å². The highest BCUT2D eigenvalue weighted by atomic mass is 16.5. The molecule has 1 aliphatic heterocycles. The Morgan fingerprint density at radius 2 is 1.70 bits per heavy atom. The summed E-state index contributed by atoms with van der Waals surface area (Å²) >= 11 is 0. The number of nitrogens with zero attached hydrogens (tertiary/aromatic N) is 3. The van der Waals surface area contributed by atoms with E-state index in [0.29, 0.717) is 5.82 Å². The summed E-state index contributed by atoms with van der Waals surface area (Å²) in [6.45, 7) is 6.40.